The molecule has 0 saturated heterocycles. The number of benzene rings is 2. The number of halogens is 4. The number of aryl methyl sites for hydroxylation is 1. The Labute approximate surface area is 313 Å². The Bertz CT molecular complexity index is 1620. The SMILES string of the molecule is C=O.CC/C(N)=C(/C(=O)N1C=NC1c1ccc2c(c1)CCOC2)N(CCC/C(O)=C(/C)N=CN)CCNC.Cc1ccc(C(F)(F)F)cc1Cl.NC=O. The average Bonchev–Trinajstić information content (AvgIpc) is 3.12. The summed E-state index contributed by atoms with van der Waals surface area (Å²) >= 11 is 5.52. The summed E-state index contributed by atoms with van der Waals surface area (Å²) in [5.41, 5.74) is 20.7. The first kappa shape index (κ1) is 46.1. The van der Waals surface area contributed by atoms with Crippen molar-refractivity contribution < 1.29 is 37.4 Å². The molecule has 2 aliphatic heterocycles. The minimum atomic E-state index is -4.31. The second-order valence-electron chi connectivity index (χ2n) is 11.5. The van der Waals surface area contributed by atoms with Crippen LogP contribution in [0.2, 0.25) is 5.02 Å². The highest BCUT2D eigenvalue weighted by atomic mass is 35.5. The van der Waals surface area contributed by atoms with Crippen LogP contribution in [-0.4, -0.2) is 80.0 Å². The number of nitrogens with one attached hydrogen (secondary N) is 1. The minimum Gasteiger partial charge on any atom is -0.510 e. The van der Waals surface area contributed by atoms with Gasteiger partial charge < -0.3 is 42.1 Å². The predicted octanol–water partition coefficient (Wildman–Crippen LogP) is 4.87. The Hall–Kier alpha value is -4.93. The zero-order valence-electron chi connectivity index (χ0n) is 30.5. The van der Waals surface area contributed by atoms with E-state index in [1.165, 1.54) is 17.2 Å². The number of aliphatic imine (C=N–C) groups is 2. The maximum absolute atomic E-state index is 13.8. The molecule has 2 aromatic carbocycles. The van der Waals surface area contributed by atoms with Crippen molar-refractivity contribution in [3.05, 3.63) is 92.1 Å². The van der Waals surface area contributed by atoms with Crippen LogP contribution in [0.5, 0.6) is 0 Å². The van der Waals surface area contributed by atoms with Gasteiger partial charge in [-0.2, -0.15) is 13.2 Å². The van der Waals surface area contributed by atoms with Crippen LogP contribution >= 0.6 is 11.6 Å². The number of hydrogen-bond donors (Lipinski definition) is 5. The van der Waals surface area contributed by atoms with E-state index in [1.807, 2.05) is 31.7 Å². The molecule has 0 bridgehead atoms. The van der Waals surface area contributed by atoms with E-state index in [-0.39, 0.29) is 29.3 Å². The van der Waals surface area contributed by atoms with Gasteiger partial charge >= 0.3 is 6.18 Å². The normalized spacial score (nSPS) is 15.5. The molecule has 8 N–H and O–H groups in total. The standard InChI is InChI=1S/C26H39N7O3.C8H6ClF3.CH3NO.CH2O/c1-4-22(28)24(32(12-10-29-3)11-5-6-23(34)18(2)30-16-27)26(35)33-17-31-25(33)20-7-8-21-15-36-13-9-19(21)14-20;1-5-2-3-6(4-7(5)9)8(10,11)12;2-1-3;1-2/h7-8,14,16-17,25,29,34H,4-6,9-13,15,28H2,1-3H3,(H2,27,30);2-4H,1H3;1H,(H2,2,3);1H2/b23-18+,24-22+;;;. The third-order valence-corrected chi connectivity index (χ3v) is 8.40. The fourth-order valence-electron chi connectivity index (χ4n) is 5.08. The number of nitrogens with two attached hydrogens (primary N) is 3. The highest BCUT2D eigenvalue weighted by Crippen LogP contribution is 2.33. The summed E-state index contributed by atoms with van der Waals surface area (Å²) in [4.78, 5) is 42.5. The van der Waals surface area contributed by atoms with Crippen LogP contribution < -0.4 is 22.5 Å². The number of carbonyl (C=O) groups excluding carboxylic acids is 3. The molecule has 0 aliphatic carbocycles. The molecule has 0 radical (unpaired) electrons. The average molecular weight is 767 g/mol. The van der Waals surface area contributed by atoms with Crippen molar-refractivity contribution in [2.24, 2.45) is 27.2 Å². The lowest BCUT2D eigenvalue weighted by atomic mass is 9.98. The number of likely N-dealkylation sites (N-methyl/N-ethyl adjacent to an activating group) is 1. The van der Waals surface area contributed by atoms with Gasteiger partial charge in [-0.3, -0.25) is 14.5 Å². The van der Waals surface area contributed by atoms with Crippen molar-refractivity contribution in [3.63, 3.8) is 0 Å². The molecular weight excluding hydrogens is 717 g/mol. The van der Waals surface area contributed by atoms with Gasteiger partial charge in [-0.15, -0.1) is 0 Å². The van der Waals surface area contributed by atoms with Crippen LogP contribution in [-0.2, 0) is 38.3 Å². The molecule has 53 heavy (non-hydrogen) atoms. The van der Waals surface area contributed by atoms with Crippen molar-refractivity contribution in [2.75, 3.05) is 33.3 Å². The third-order valence-electron chi connectivity index (χ3n) is 7.99. The van der Waals surface area contributed by atoms with Crippen LogP contribution in [0.25, 0.3) is 0 Å². The van der Waals surface area contributed by atoms with E-state index in [2.05, 4.69) is 33.2 Å². The largest absolute Gasteiger partial charge is 0.510 e. The Kier molecular flexibility index (Phi) is 20.5. The van der Waals surface area contributed by atoms with Crippen molar-refractivity contribution in [1.29, 1.82) is 0 Å². The van der Waals surface area contributed by atoms with E-state index >= 15 is 0 Å². The predicted molar refractivity (Wildman–Crippen MR) is 201 cm³/mol. The summed E-state index contributed by atoms with van der Waals surface area (Å²) in [5, 5.41) is 13.6. The molecule has 4 rings (SSSR count). The molecule has 1 atom stereocenters. The van der Waals surface area contributed by atoms with E-state index < -0.39 is 11.7 Å². The van der Waals surface area contributed by atoms with E-state index in [1.54, 1.807) is 25.1 Å². The summed E-state index contributed by atoms with van der Waals surface area (Å²) in [7, 11) is 1.87. The highest BCUT2D eigenvalue weighted by molar-refractivity contribution is 6.31. The second-order valence-corrected chi connectivity index (χ2v) is 11.9. The monoisotopic (exact) mass is 766 g/mol. The lowest BCUT2D eigenvalue weighted by molar-refractivity contribution is -0.137. The number of nitrogens with zero attached hydrogens (tertiary/aromatic N) is 4. The molecule has 0 aromatic heterocycles. The number of hydrogen-bond acceptors (Lipinski definition) is 10. The van der Waals surface area contributed by atoms with Crippen LogP contribution in [0.3, 0.4) is 0 Å². The Balaban J connectivity index is 0.000000686. The molecule has 2 aromatic rings. The van der Waals surface area contributed by atoms with E-state index in [9.17, 15) is 23.1 Å². The summed E-state index contributed by atoms with van der Waals surface area (Å²) in [5.74, 6) is 0.00789. The number of allylic oxidation sites excluding steroid dienone is 3. The summed E-state index contributed by atoms with van der Waals surface area (Å²) in [6.07, 6.45) is 0.741. The second kappa shape index (κ2) is 23.6. The Morgan fingerprint density at radius 1 is 1.21 bits per heavy atom. The maximum atomic E-state index is 13.8. The molecule has 0 fully saturated rings. The third kappa shape index (κ3) is 14.2. The van der Waals surface area contributed by atoms with Gasteiger partial charge in [0.1, 0.15) is 18.2 Å². The molecule has 13 nitrogen and oxygen atoms in total. The molecule has 2 aliphatic rings. The number of rotatable bonds is 12. The highest BCUT2D eigenvalue weighted by Gasteiger charge is 2.35. The number of ether oxygens (including phenoxy) is 1. The lowest BCUT2D eigenvalue weighted by Gasteiger charge is -2.37. The minimum absolute atomic E-state index is 0.143. The van der Waals surface area contributed by atoms with Gasteiger partial charge in [0.25, 0.3) is 5.91 Å². The molecule has 2 heterocycles. The van der Waals surface area contributed by atoms with Gasteiger partial charge in [-0.1, -0.05) is 42.8 Å². The van der Waals surface area contributed by atoms with Gasteiger partial charge in [-0.25, -0.2) is 9.98 Å². The molecule has 17 heteroatoms. The van der Waals surface area contributed by atoms with E-state index in [4.69, 9.17) is 37.4 Å². The zero-order valence-corrected chi connectivity index (χ0v) is 31.2. The first-order valence-corrected chi connectivity index (χ1v) is 17.0. The molecule has 292 valence electrons. The van der Waals surface area contributed by atoms with E-state index in [0.717, 1.165) is 30.5 Å². The number of alkyl halides is 3. The van der Waals surface area contributed by atoms with Crippen molar-refractivity contribution in [3.8, 4) is 0 Å². The first-order chi connectivity index (χ1) is 25.2. The number of amides is 2. The molecule has 0 spiro atoms. The molecule has 1 unspecified atom stereocenters. The lowest BCUT2D eigenvalue weighted by Crippen LogP contribution is -2.46. The fraction of sp³-hybridized carbons (Fsp3) is 0.417. The maximum Gasteiger partial charge on any atom is 0.416 e. The number of aliphatic hydroxyl groups excluding tert-OH is 1. The fourth-order valence-corrected chi connectivity index (χ4v) is 5.26. The molecule has 2 amide bonds. The number of fused-ring (bicyclic) bond motifs is 1. The van der Waals surface area contributed by atoms with Gasteiger partial charge in [-0.05, 0) is 74.5 Å². The van der Waals surface area contributed by atoms with Crippen molar-refractivity contribution in [1.82, 2.24) is 15.1 Å². The first-order valence-electron chi connectivity index (χ1n) is 16.6. The molecule has 0 saturated carbocycles. The van der Waals surface area contributed by atoms with Crippen LogP contribution in [0.1, 0.15) is 67.1 Å². The zero-order chi connectivity index (χ0) is 40.1. The quantitative estimate of drug-likeness (QED) is 0.0657. The van der Waals surface area contributed by atoms with Gasteiger partial charge in [0.2, 0.25) is 6.41 Å². The van der Waals surface area contributed by atoms with Crippen LogP contribution in [0.15, 0.2) is 69.2 Å². The van der Waals surface area contributed by atoms with Crippen LogP contribution in [0.4, 0.5) is 13.2 Å². The Morgan fingerprint density at radius 3 is 2.43 bits per heavy atom. The van der Waals surface area contributed by atoms with Gasteiger partial charge in [0, 0.05) is 36.8 Å². The van der Waals surface area contributed by atoms with Gasteiger partial charge in [0.05, 0.1) is 37.2 Å². The number of primary amides is 1. The topological polar surface area (TPSA) is 202 Å². The molecular formula is C36H50ClF3N8O5. The summed E-state index contributed by atoms with van der Waals surface area (Å²) in [6.45, 7) is 10.4. The van der Waals surface area contributed by atoms with Gasteiger partial charge in [0.15, 0.2) is 6.17 Å². The smallest absolute Gasteiger partial charge is 0.416 e. The van der Waals surface area contributed by atoms with Crippen molar-refractivity contribution in [2.45, 2.75) is 65.4 Å². The Morgan fingerprint density at radius 2 is 1.89 bits per heavy atom. The summed E-state index contributed by atoms with van der Waals surface area (Å²) in [6, 6.07) is 9.50. The number of carbonyl (C=O) groups is 3. The van der Waals surface area contributed by atoms with Crippen molar-refractivity contribution >= 4 is 43.4 Å². The van der Waals surface area contributed by atoms with Crippen LogP contribution in [0, 0.1) is 6.92 Å². The van der Waals surface area contributed by atoms with E-state index in [0.29, 0.717) is 74.8 Å². The number of aliphatic hydroxyl groups is 1. The summed E-state index contributed by atoms with van der Waals surface area (Å²) < 4.78 is 41.7.